The van der Waals surface area contributed by atoms with Gasteiger partial charge in [0.05, 0.1) is 28.1 Å². The van der Waals surface area contributed by atoms with Crippen LogP contribution in [0.5, 0.6) is 0 Å². The molecule has 10 rings (SSSR count). The van der Waals surface area contributed by atoms with Gasteiger partial charge in [-0.1, -0.05) is 121 Å². The second-order valence-corrected chi connectivity index (χ2v) is 12.7. The van der Waals surface area contributed by atoms with E-state index in [9.17, 15) is 0 Å². The summed E-state index contributed by atoms with van der Waals surface area (Å²) < 4.78 is 2.39. The van der Waals surface area contributed by atoms with Crippen LogP contribution in [0.3, 0.4) is 0 Å². The monoisotopic (exact) mass is 638 g/mol. The molecular weight excluding hydrogens is 609 g/mol. The summed E-state index contributed by atoms with van der Waals surface area (Å²) in [5, 5.41) is 4.98. The van der Waals surface area contributed by atoms with Crippen molar-refractivity contribution in [2.24, 2.45) is 0 Å². The number of hydrogen-bond donors (Lipinski definition) is 0. The lowest BCUT2D eigenvalue weighted by Gasteiger charge is -2.27. The summed E-state index contributed by atoms with van der Waals surface area (Å²) in [5.74, 6) is 0.696. The summed E-state index contributed by atoms with van der Waals surface area (Å²) >= 11 is 0. The molecule has 1 aliphatic rings. The molecule has 0 spiro atoms. The normalized spacial score (nSPS) is 12.3. The topological polar surface area (TPSA) is 34.0 Å². The third-order valence-corrected chi connectivity index (χ3v) is 9.73. The Bertz CT molecular complexity index is 2690. The molecule has 7 aromatic carbocycles. The number of fused-ring (bicyclic) bond motifs is 4. The minimum atomic E-state index is 0.696. The molecule has 0 bridgehead atoms. The molecule has 0 atom stereocenters. The van der Waals surface area contributed by atoms with Crippen molar-refractivity contribution in [3.63, 3.8) is 0 Å². The lowest BCUT2D eigenvalue weighted by molar-refractivity contribution is 1.18. The summed E-state index contributed by atoms with van der Waals surface area (Å²) in [6, 6.07) is 59.7. The van der Waals surface area contributed by atoms with Crippen LogP contribution in [-0.4, -0.2) is 14.5 Å². The number of hydrogen-bond acceptors (Lipinski definition) is 3. The van der Waals surface area contributed by atoms with Crippen molar-refractivity contribution in [2.45, 2.75) is 0 Å². The van der Waals surface area contributed by atoms with Crippen LogP contribution in [-0.2, 0) is 0 Å². The molecule has 0 aliphatic carbocycles. The quantitative estimate of drug-likeness (QED) is 0.188. The van der Waals surface area contributed by atoms with E-state index in [-0.39, 0.29) is 0 Å². The smallest absolute Gasteiger partial charge is 0.160 e. The molecule has 1 aliphatic heterocycles. The van der Waals surface area contributed by atoms with E-state index in [1.165, 1.54) is 38.1 Å². The van der Waals surface area contributed by atoms with Crippen LogP contribution < -0.4 is 4.90 Å². The Morgan fingerprint density at radius 3 is 1.80 bits per heavy atom. The van der Waals surface area contributed by atoms with Gasteiger partial charge < -0.3 is 9.47 Å². The molecule has 0 unspecified atom stereocenters. The molecule has 0 amide bonds. The summed E-state index contributed by atoms with van der Waals surface area (Å²) in [7, 11) is 0. The fourth-order valence-corrected chi connectivity index (χ4v) is 7.48. The van der Waals surface area contributed by atoms with Gasteiger partial charge in [-0.2, -0.15) is 0 Å². The van der Waals surface area contributed by atoms with Crippen LogP contribution >= 0.6 is 0 Å². The van der Waals surface area contributed by atoms with Crippen LogP contribution in [0.25, 0.3) is 78.2 Å². The van der Waals surface area contributed by atoms with E-state index in [1.807, 2.05) is 36.4 Å². The summed E-state index contributed by atoms with van der Waals surface area (Å²) in [6.45, 7) is 0. The maximum Gasteiger partial charge on any atom is 0.160 e. The number of anilines is 2. The molecule has 2 aromatic heterocycles. The van der Waals surface area contributed by atoms with Crippen molar-refractivity contribution in [3.8, 4) is 39.6 Å². The van der Waals surface area contributed by atoms with Crippen LogP contribution in [0.4, 0.5) is 11.4 Å². The minimum Gasteiger partial charge on any atom is -0.316 e. The van der Waals surface area contributed by atoms with Gasteiger partial charge >= 0.3 is 0 Å². The van der Waals surface area contributed by atoms with Gasteiger partial charge in [0, 0.05) is 50.4 Å². The standard InChI is InChI=1S/C46H30N4/c1-4-14-31(15-5-1)39-30-40(32-16-6-2-7-17-32)48-46(47-39)34-19-12-22-36(28-34)49-27-26-38-44-33(18-13-25-42(44)49)29-43-45(38)37-23-10-11-24-41(37)50(43)35-20-8-3-9-21-35/h1-30H. The van der Waals surface area contributed by atoms with Crippen LogP contribution in [0, 0.1) is 0 Å². The average molecular weight is 639 g/mol. The highest BCUT2D eigenvalue weighted by Crippen LogP contribution is 2.45. The van der Waals surface area contributed by atoms with Crippen molar-refractivity contribution in [1.82, 2.24) is 14.5 Å². The van der Waals surface area contributed by atoms with E-state index >= 15 is 0 Å². The van der Waals surface area contributed by atoms with E-state index in [0.717, 1.165) is 45.1 Å². The molecule has 0 saturated carbocycles. The van der Waals surface area contributed by atoms with Gasteiger partial charge in [0.1, 0.15) is 0 Å². The summed E-state index contributed by atoms with van der Waals surface area (Å²) in [6.07, 6.45) is 4.49. The van der Waals surface area contributed by atoms with Crippen LogP contribution in [0.2, 0.25) is 0 Å². The lowest BCUT2D eigenvalue weighted by atomic mass is 9.94. The Balaban J connectivity index is 1.13. The third-order valence-electron chi connectivity index (χ3n) is 9.73. The van der Waals surface area contributed by atoms with Crippen molar-refractivity contribution >= 4 is 50.0 Å². The molecule has 234 valence electrons. The van der Waals surface area contributed by atoms with Gasteiger partial charge in [-0.15, -0.1) is 0 Å². The predicted octanol–water partition coefficient (Wildman–Crippen LogP) is 11.9. The van der Waals surface area contributed by atoms with Crippen molar-refractivity contribution < 1.29 is 0 Å². The van der Waals surface area contributed by atoms with Gasteiger partial charge in [-0.3, -0.25) is 0 Å². The summed E-state index contributed by atoms with van der Waals surface area (Å²) in [5.41, 5.74) is 11.9. The third kappa shape index (κ3) is 4.54. The van der Waals surface area contributed by atoms with E-state index in [0.29, 0.717) is 5.82 Å². The van der Waals surface area contributed by atoms with Gasteiger partial charge in [0.25, 0.3) is 0 Å². The molecular formula is C46H30N4. The number of para-hydroxylation sites is 2. The maximum atomic E-state index is 5.10. The molecule has 3 heterocycles. The maximum absolute atomic E-state index is 5.10. The van der Waals surface area contributed by atoms with Crippen LogP contribution in [0.1, 0.15) is 5.56 Å². The molecule has 0 saturated heterocycles. The Labute approximate surface area is 289 Å². The van der Waals surface area contributed by atoms with E-state index in [4.69, 9.17) is 9.97 Å². The zero-order valence-corrected chi connectivity index (χ0v) is 27.1. The highest BCUT2D eigenvalue weighted by molar-refractivity contribution is 6.22. The molecule has 9 aromatic rings. The Kier molecular flexibility index (Phi) is 6.46. The van der Waals surface area contributed by atoms with Crippen LogP contribution in [0.15, 0.2) is 176 Å². The Morgan fingerprint density at radius 1 is 0.440 bits per heavy atom. The lowest BCUT2D eigenvalue weighted by Crippen LogP contribution is -2.12. The molecule has 0 fully saturated rings. The number of rotatable bonds is 5. The highest BCUT2D eigenvalue weighted by Gasteiger charge is 2.23. The number of benzene rings is 7. The first kappa shape index (κ1) is 28.3. The number of nitrogens with zero attached hydrogens (tertiary/aromatic N) is 4. The van der Waals surface area contributed by atoms with Crippen molar-refractivity contribution in [2.75, 3.05) is 4.90 Å². The van der Waals surface area contributed by atoms with Gasteiger partial charge in [-0.25, -0.2) is 9.97 Å². The average Bonchev–Trinajstić information content (AvgIpc) is 3.53. The largest absolute Gasteiger partial charge is 0.316 e. The summed E-state index contributed by atoms with van der Waals surface area (Å²) in [4.78, 5) is 12.5. The molecule has 4 heteroatoms. The molecule has 0 N–H and O–H groups in total. The fourth-order valence-electron chi connectivity index (χ4n) is 7.48. The highest BCUT2D eigenvalue weighted by atomic mass is 15.1. The van der Waals surface area contributed by atoms with E-state index in [2.05, 4.69) is 155 Å². The molecule has 4 nitrogen and oxygen atoms in total. The first-order chi connectivity index (χ1) is 24.8. The van der Waals surface area contributed by atoms with E-state index in [1.54, 1.807) is 0 Å². The number of aromatic nitrogens is 3. The van der Waals surface area contributed by atoms with E-state index < -0.39 is 0 Å². The Hall–Kier alpha value is -6.78. The molecule has 0 radical (unpaired) electrons. The second kappa shape index (κ2) is 11.4. The minimum absolute atomic E-state index is 0.696. The SMILES string of the molecule is C1=CN(c2cccc(-c3nc(-c4ccccc4)cc(-c4ccccc4)n3)c2)c2cccc3cc4c(c1c23)c1ccccc1n4-c1ccccc1. The van der Waals surface area contributed by atoms with Gasteiger partial charge in [0.2, 0.25) is 0 Å². The van der Waals surface area contributed by atoms with Crippen molar-refractivity contribution in [1.29, 1.82) is 0 Å². The molecule has 50 heavy (non-hydrogen) atoms. The van der Waals surface area contributed by atoms with Crippen molar-refractivity contribution in [3.05, 3.63) is 182 Å². The zero-order valence-electron chi connectivity index (χ0n) is 27.1. The predicted molar refractivity (Wildman–Crippen MR) is 208 cm³/mol. The fraction of sp³-hybridized carbons (Fsp3) is 0. The zero-order chi connectivity index (χ0) is 33.0. The first-order valence-corrected chi connectivity index (χ1v) is 16.9. The Morgan fingerprint density at radius 2 is 1.06 bits per heavy atom. The van der Waals surface area contributed by atoms with Gasteiger partial charge in [-0.05, 0) is 65.6 Å². The first-order valence-electron chi connectivity index (χ1n) is 16.9. The van der Waals surface area contributed by atoms with Gasteiger partial charge in [0.15, 0.2) is 5.82 Å². The second-order valence-electron chi connectivity index (χ2n) is 12.7.